The van der Waals surface area contributed by atoms with Crippen molar-refractivity contribution >= 4 is 11.6 Å². The summed E-state index contributed by atoms with van der Waals surface area (Å²) in [6.07, 6.45) is 3.14. The van der Waals surface area contributed by atoms with E-state index < -0.39 is 0 Å². The first kappa shape index (κ1) is 14.1. The second-order valence-corrected chi connectivity index (χ2v) is 3.51. The molecule has 1 N–H and O–H groups in total. The molecule has 0 aromatic heterocycles. The third kappa shape index (κ3) is 4.13. The largest absolute Gasteiger partial charge is 0.494 e. The molecule has 0 saturated carbocycles. The number of carbonyl (C=O) groups excluding carboxylic acids is 1. The Labute approximate surface area is 108 Å². The van der Waals surface area contributed by atoms with Crippen LogP contribution in [0.2, 0.25) is 0 Å². The number of carbonyl (C=O) groups is 1. The van der Waals surface area contributed by atoms with E-state index in [-0.39, 0.29) is 5.91 Å². The highest BCUT2D eigenvalue weighted by molar-refractivity contribution is 6.00. The SMILES string of the molecule is C/C=C\C(=O)Nc1cc(OCC)ccc1OCC. The first-order chi connectivity index (χ1) is 8.71. The van der Waals surface area contributed by atoms with Gasteiger partial charge in [0.2, 0.25) is 5.91 Å². The van der Waals surface area contributed by atoms with Gasteiger partial charge < -0.3 is 14.8 Å². The Morgan fingerprint density at radius 2 is 2.00 bits per heavy atom. The number of allylic oxidation sites excluding steroid dienone is 1. The Balaban J connectivity index is 2.94. The van der Waals surface area contributed by atoms with Crippen LogP contribution in [-0.2, 0) is 4.79 Å². The van der Waals surface area contributed by atoms with Crippen LogP contribution in [0.3, 0.4) is 0 Å². The standard InChI is InChI=1S/C14H19NO3/c1-4-7-14(16)15-12-10-11(17-5-2)8-9-13(12)18-6-3/h4,7-10H,5-6H2,1-3H3,(H,15,16)/b7-4-. The molecule has 0 bridgehead atoms. The lowest BCUT2D eigenvalue weighted by atomic mass is 10.2. The molecule has 4 heteroatoms. The van der Waals surface area contributed by atoms with Gasteiger partial charge in [-0.1, -0.05) is 6.08 Å². The zero-order valence-corrected chi connectivity index (χ0v) is 11.0. The van der Waals surface area contributed by atoms with Gasteiger partial charge in [0.15, 0.2) is 0 Å². The van der Waals surface area contributed by atoms with Crippen molar-refractivity contribution in [2.75, 3.05) is 18.5 Å². The Morgan fingerprint density at radius 3 is 2.61 bits per heavy atom. The van der Waals surface area contributed by atoms with Crippen LogP contribution in [-0.4, -0.2) is 19.1 Å². The first-order valence-corrected chi connectivity index (χ1v) is 6.04. The van der Waals surface area contributed by atoms with Crippen LogP contribution in [0.5, 0.6) is 11.5 Å². The second kappa shape index (κ2) is 7.37. The molecule has 0 fully saturated rings. The molecule has 1 aromatic rings. The predicted octanol–water partition coefficient (Wildman–Crippen LogP) is 3.00. The molecule has 0 aliphatic heterocycles. The van der Waals surface area contributed by atoms with Gasteiger partial charge in [-0.2, -0.15) is 0 Å². The number of nitrogens with one attached hydrogen (secondary N) is 1. The van der Waals surface area contributed by atoms with Gasteiger partial charge in [0.25, 0.3) is 0 Å². The molecule has 0 spiro atoms. The van der Waals surface area contributed by atoms with Crippen molar-refractivity contribution in [3.8, 4) is 11.5 Å². The van der Waals surface area contributed by atoms with Crippen LogP contribution in [0.1, 0.15) is 20.8 Å². The molecule has 4 nitrogen and oxygen atoms in total. The molecule has 0 heterocycles. The predicted molar refractivity (Wildman–Crippen MR) is 72.2 cm³/mol. The van der Waals surface area contributed by atoms with Crippen molar-refractivity contribution in [2.24, 2.45) is 0 Å². The van der Waals surface area contributed by atoms with Crippen LogP contribution in [0, 0.1) is 0 Å². The number of rotatable bonds is 6. The molecule has 0 atom stereocenters. The van der Waals surface area contributed by atoms with Gasteiger partial charge in [0, 0.05) is 6.07 Å². The summed E-state index contributed by atoms with van der Waals surface area (Å²) in [5.74, 6) is 1.16. The van der Waals surface area contributed by atoms with E-state index >= 15 is 0 Å². The quantitative estimate of drug-likeness (QED) is 0.788. The lowest BCUT2D eigenvalue weighted by Gasteiger charge is -2.12. The molecule has 0 aliphatic rings. The lowest BCUT2D eigenvalue weighted by Crippen LogP contribution is -2.09. The van der Waals surface area contributed by atoms with Crippen LogP contribution < -0.4 is 14.8 Å². The number of anilines is 1. The summed E-state index contributed by atoms with van der Waals surface area (Å²) in [6.45, 7) is 6.72. The van der Waals surface area contributed by atoms with E-state index in [0.717, 1.165) is 0 Å². The smallest absolute Gasteiger partial charge is 0.248 e. The van der Waals surface area contributed by atoms with E-state index in [1.54, 1.807) is 25.1 Å². The molecule has 1 aromatic carbocycles. The van der Waals surface area contributed by atoms with Crippen LogP contribution in [0.25, 0.3) is 0 Å². The first-order valence-electron chi connectivity index (χ1n) is 6.04. The fourth-order valence-corrected chi connectivity index (χ4v) is 1.47. The van der Waals surface area contributed by atoms with E-state index in [0.29, 0.717) is 30.4 Å². The van der Waals surface area contributed by atoms with E-state index in [9.17, 15) is 4.79 Å². The van der Waals surface area contributed by atoms with Crippen molar-refractivity contribution in [1.29, 1.82) is 0 Å². The van der Waals surface area contributed by atoms with Crippen molar-refractivity contribution < 1.29 is 14.3 Å². The molecule has 0 radical (unpaired) electrons. The number of amides is 1. The highest BCUT2D eigenvalue weighted by Gasteiger charge is 2.07. The van der Waals surface area contributed by atoms with Gasteiger partial charge in [-0.15, -0.1) is 0 Å². The van der Waals surface area contributed by atoms with Crippen molar-refractivity contribution in [3.05, 3.63) is 30.4 Å². The monoisotopic (exact) mass is 249 g/mol. The third-order valence-corrected chi connectivity index (χ3v) is 2.14. The highest BCUT2D eigenvalue weighted by atomic mass is 16.5. The molecule has 0 aliphatic carbocycles. The fraction of sp³-hybridized carbons (Fsp3) is 0.357. The van der Waals surface area contributed by atoms with Gasteiger partial charge in [-0.3, -0.25) is 4.79 Å². The average molecular weight is 249 g/mol. The van der Waals surface area contributed by atoms with Gasteiger partial charge in [0.1, 0.15) is 11.5 Å². The molecular formula is C14H19NO3. The van der Waals surface area contributed by atoms with Gasteiger partial charge in [-0.05, 0) is 39.0 Å². The lowest BCUT2D eigenvalue weighted by molar-refractivity contribution is -0.111. The minimum atomic E-state index is -0.188. The Kier molecular flexibility index (Phi) is 5.77. The average Bonchev–Trinajstić information content (AvgIpc) is 2.33. The Morgan fingerprint density at radius 1 is 1.28 bits per heavy atom. The van der Waals surface area contributed by atoms with Crippen LogP contribution in [0.15, 0.2) is 30.4 Å². The molecule has 1 amide bonds. The zero-order chi connectivity index (χ0) is 13.4. The number of hydrogen-bond donors (Lipinski definition) is 1. The fourth-order valence-electron chi connectivity index (χ4n) is 1.47. The maximum absolute atomic E-state index is 11.5. The number of benzene rings is 1. The second-order valence-electron chi connectivity index (χ2n) is 3.51. The van der Waals surface area contributed by atoms with Crippen molar-refractivity contribution in [1.82, 2.24) is 0 Å². The minimum Gasteiger partial charge on any atom is -0.494 e. The van der Waals surface area contributed by atoms with Crippen LogP contribution in [0.4, 0.5) is 5.69 Å². The molecule has 18 heavy (non-hydrogen) atoms. The zero-order valence-electron chi connectivity index (χ0n) is 11.0. The third-order valence-electron chi connectivity index (χ3n) is 2.14. The summed E-state index contributed by atoms with van der Waals surface area (Å²) in [4.78, 5) is 11.5. The minimum absolute atomic E-state index is 0.188. The van der Waals surface area contributed by atoms with E-state index in [2.05, 4.69) is 5.32 Å². The molecular weight excluding hydrogens is 230 g/mol. The summed E-state index contributed by atoms with van der Waals surface area (Å²) in [7, 11) is 0. The summed E-state index contributed by atoms with van der Waals surface area (Å²) < 4.78 is 10.9. The van der Waals surface area contributed by atoms with Crippen molar-refractivity contribution in [3.63, 3.8) is 0 Å². The van der Waals surface area contributed by atoms with Gasteiger partial charge >= 0.3 is 0 Å². The molecule has 0 unspecified atom stereocenters. The van der Waals surface area contributed by atoms with Crippen LogP contribution >= 0.6 is 0 Å². The van der Waals surface area contributed by atoms with E-state index in [1.807, 2.05) is 19.9 Å². The molecule has 1 rings (SSSR count). The molecule has 98 valence electrons. The van der Waals surface area contributed by atoms with E-state index in [4.69, 9.17) is 9.47 Å². The van der Waals surface area contributed by atoms with E-state index in [1.165, 1.54) is 6.08 Å². The Bertz CT molecular complexity index is 427. The number of hydrogen-bond acceptors (Lipinski definition) is 3. The summed E-state index contributed by atoms with van der Waals surface area (Å²) in [5.41, 5.74) is 0.617. The number of ether oxygens (including phenoxy) is 2. The highest BCUT2D eigenvalue weighted by Crippen LogP contribution is 2.29. The topological polar surface area (TPSA) is 47.6 Å². The maximum atomic E-state index is 11.5. The summed E-state index contributed by atoms with van der Waals surface area (Å²) in [5, 5.41) is 2.76. The van der Waals surface area contributed by atoms with Gasteiger partial charge in [0.05, 0.1) is 18.9 Å². The summed E-state index contributed by atoms with van der Waals surface area (Å²) >= 11 is 0. The van der Waals surface area contributed by atoms with Crippen molar-refractivity contribution in [2.45, 2.75) is 20.8 Å². The Hall–Kier alpha value is -1.97. The van der Waals surface area contributed by atoms with Gasteiger partial charge in [-0.25, -0.2) is 0 Å². The maximum Gasteiger partial charge on any atom is 0.248 e. The normalized spacial score (nSPS) is 10.4. The summed E-state index contributed by atoms with van der Waals surface area (Å²) in [6, 6.07) is 5.37. The molecule has 0 saturated heterocycles.